The van der Waals surface area contributed by atoms with Crippen LogP contribution in [0.3, 0.4) is 0 Å². The Balaban J connectivity index is 1.61. The maximum atomic E-state index is 5.66. The second-order valence-electron chi connectivity index (χ2n) is 5.08. The highest BCUT2D eigenvalue weighted by atomic mass is 79.9. The Morgan fingerprint density at radius 2 is 2.15 bits per heavy atom. The van der Waals surface area contributed by atoms with Crippen molar-refractivity contribution in [3.63, 3.8) is 0 Å². The number of aromatic nitrogens is 2. The van der Waals surface area contributed by atoms with Crippen molar-refractivity contribution in [2.45, 2.75) is 32.0 Å². The van der Waals surface area contributed by atoms with Crippen LogP contribution in [0, 0.1) is 0 Å². The first kappa shape index (κ1) is 13.6. The molecule has 0 radical (unpaired) electrons. The molecule has 0 spiro atoms. The van der Waals surface area contributed by atoms with Gasteiger partial charge in [-0.3, -0.25) is 0 Å². The molecular formula is C14H17BrN4O. The summed E-state index contributed by atoms with van der Waals surface area (Å²) in [6, 6.07) is 9.32. The second kappa shape index (κ2) is 5.93. The standard InChI is InChI=1S/C14H17BrN4O/c1-19(9-10-4-2-3-5-12(10)15)14-18-17-13(20-14)8-16-11-6-7-11/h2-5,11,16H,6-9H2,1H3. The smallest absolute Gasteiger partial charge is 0.318 e. The summed E-state index contributed by atoms with van der Waals surface area (Å²) in [6.45, 7) is 1.37. The van der Waals surface area contributed by atoms with Gasteiger partial charge in [-0.25, -0.2) is 0 Å². The zero-order chi connectivity index (χ0) is 13.9. The van der Waals surface area contributed by atoms with Gasteiger partial charge in [0.15, 0.2) is 0 Å². The molecule has 1 aliphatic carbocycles. The number of halogens is 1. The van der Waals surface area contributed by atoms with Crippen molar-refractivity contribution in [3.8, 4) is 0 Å². The Kier molecular flexibility index (Phi) is 4.03. The minimum Gasteiger partial charge on any atom is -0.407 e. The van der Waals surface area contributed by atoms with E-state index in [9.17, 15) is 0 Å². The fourth-order valence-corrected chi connectivity index (χ4v) is 2.35. The molecule has 0 bridgehead atoms. The molecule has 106 valence electrons. The first-order chi connectivity index (χ1) is 9.72. The summed E-state index contributed by atoms with van der Waals surface area (Å²) < 4.78 is 6.75. The number of anilines is 1. The topological polar surface area (TPSA) is 54.2 Å². The van der Waals surface area contributed by atoms with Gasteiger partial charge in [0.25, 0.3) is 0 Å². The van der Waals surface area contributed by atoms with Gasteiger partial charge in [-0.15, -0.1) is 5.10 Å². The van der Waals surface area contributed by atoms with Crippen LogP contribution in [0.15, 0.2) is 33.2 Å². The minimum atomic E-state index is 0.549. The van der Waals surface area contributed by atoms with E-state index in [2.05, 4.69) is 37.5 Å². The molecule has 5 nitrogen and oxygen atoms in total. The molecule has 20 heavy (non-hydrogen) atoms. The maximum Gasteiger partial charge on any atom is 0.318 e. The van der Waals surface area contributed by atoms with Crippen molar-refractivity contribution < 1.29 is 4.42 Å². The van der Waals surface area contributed by atoms with Crippen LogP contribution >= 0.6 is 15.9 Å². The Hall–Kier alpha value is -1.40. The lowest BCUT2D eigenvalue weighted by Crippen LogP contribution is -2.17. The van der Waals surface area contributed by atoms with Gasteiger partial charge in [0.2, 0.25) is 5.89 Å². The van der Waals surface area contributed by atoms with E-state index in [0.29, 0.717) is 24.5 Å². The van der Waals surface area contributed by atoms with E-state index in [0.717, 1.165) is 11.0 Å². The van der Waals surface area contributed by atoms with E-state index in [1.165, 1.54) is 18.4 Å². The molecule has 2 aromatic rings. The van der Waals surface area contributed by atoms with E-state index in [-0.39, 0.29) is 0 Å². The normalized spacial score (nSPS) is 14.5. The maximum absolute atomic E-state index is 5.66. The average Bonchev–Trinajstić information content (AvgIpc) is 3.15. The predicted molar refractivity (Wildman–Crippen MR) is 80.4 cm³/mol. The molecule has 3 rings (SSSR count). The molecule has 0 aliphatic heterocycles. The van der Waals surface area contributed by atoms with Gasteiger partial charge in [-0.05, 0) is 24.5 Å². The van der Waals surface area contributed by atoms with E-state index in [1.54, 1.807) is 0 Å². The highest BCUT2D eigenvalue weighted by Crippen LogP contribution is 2.21. The molecule has 6 heteroatoms. The molecule has 1 aromatic heterocycles. The van der Waals surface area contributed by atoms with E-state index < -0.39 is 0 Å². The summed E-state index contributed by atoms with van der Waals surface area (Å²) in [7, 11) is 1.95. The lowest BCUT2D eigenvalue weighted by atomic mass is 10.2. The third kappa shape index (κ3) is 3.37. The molecule has 1 aliphatic rings. The first-order valence-electron chi connectivity index (χ1n) is 6.72. The largest absolute Gasteiger partial charge is 0.407 e. The van der Waals surface area contributed by atoms with Crippen molar-refractivity contribution >= 4 is 21.9 Å². The molecule has 0 amide bonds. The Labute approximate surface area is 126 Å². The van der Waals surface area contributed by atoms with E-state index in [1.807, 2.05) is 30.1 Å². The van der Waals surface area contributed by atoms with Crippen molar-refractivity contribution in [3.05, 3.63) is 40.2 Å². The number of hydrogen-bond donors (Lipinski definition) is 1. The number of nitrogens with one attached hydrogen (secondary N) is 1. The number of nitrogens with zero attached hydrogens (tertiary/aromatic N) is 3. The molecule has 1 fully saturated rings. The Morgan fingerprint density at radius 1 is 1.35 bits per heavy atom. The molecule has 1 heterocycles. The highest BCUT2D eigenvalue weighted by Gasteiger charge is 2.21. The molecule has 1 N–H and O–H groups in total. The predicted octanol–water partition coefficient (Wildman–Crippen LogP) is 2.72. The summed E-state index contributed by atoms with van der Waals surface area (Å²) in [5.41, 5.74) is 1.19. The van der Waals surface area contributed by atoms with Crippen molar-refractivity contribution in [2.24, 2.45) is 0 Å². The molecule has 0 saturated heterocycles. The SMILES string of the molecule is CN(Cc1ccccc1Br)c1nnc(CNC2CC2)o1. The van der Waals surface area contributed by atoms with Crippen molar-refractivity contribution in [1.82, 2.24) is 15.5 Å². The fourth-order valence-electron chi connectivity index (χ4n) is 1.94. The summed E-state index contributed by atoms with van der Waals surface area (Å²) in [4.78, 5) is 1.95. The second-order valence-corrected chi connectivity index (χ2v) is 5.94. The van der Waals surface area contributed by atoms with Crippen LogP contribution in [-0.4, -0.2) is 23.3 Å². The third-order valence-electron chi connectivity index (χ3n) is 3.27. The summed E-state index contributed by atoms with van der Waals surface area (Å²) in [5.74, 6) is 0.644. The first-order valence-corrected chi connectivity index (χ1v) is 7.52. The number of hydrogen-bond acceptors (Lipinski definition) is 5. The number of benzene rings is 1. The zero-order valence-corrected chi connectivity index (χ0v) is 12.9. The minimum absolute atomic E-state index is 0.549. The van der Waals surface area contributed by atoms with Gasteiger partial charge >= 0.3 is 6.01 Å². The van der Waals surface area contributed by atoms with Crippen molar-refractivity contribution in [1.29, 1.82) is 0 Å². The fraction of sp³-hybridized carbons (Fsp3) is 0.429. The highest BCUT2D eigenvalue weighted by molar-refractivity contribution is 9.10. The van der Waals surface area contributed by atoms with Gasteiger partial charge in [0.1, 0.15) is 0 Å². The molecule has 0 unspecified atom stereocenters. The van der Waals surface area contributed by atoms with Gasteiger partial charge in [0.05, 0.1) is 6.54 Å². The quantitative estimate of drug-likeness (QED) is 0.878. The van der Waals surface area contributed by atoms with Gasteiger partial charge in [-0.1, -0.05) is 39.2 Å². The lowest BCUT2D eigenvalue weighted by molar-refractivity contribution is 0.464. The van der Waals surface area contributed by atoms with Crippen molar-refractivity contribution in [2.75, 3.05) is 11.9 Å². The summed E-state index contributed by atoms with van der Waals surface area (Å²) in [5, 5.41) is 11.5. The van der Waals surface area contributed by atoms with Gasteiger partial charge in [0, 0.05) is 24.1 Å². The Morgan fingerprint density at radius 3 is 2.90 bits per heavy atom. The average molecular weight is 337 g/mol. The monoisotopic (exact) mass is 336 g/mol. The van der Waals surface area contributed by atoms with Crippen LogP contribution in [0.25, 0.3) is 0 Å². The number of rotatable bonds is 6. The third-order valence-corrected chi connectivity index (χ3v) is 4.04. The lowest BCUT2D eigenvalue weighted by Gasteiger charge is -2.14. The van der Waals surface area contributed by atoms with Crippen LogP contribution in [-0.2, 0) is 13.1 Å². The summed E-state index contributed by atoms with van der Waals surface area (Å²) in [6.07, 6.45) is 2.51. The molecule has 0 atom stereocenters. The van der Waals surface area contributed by atoms with E-state index in [4.69, 9.17) is 4.42 Å². The zero-order valence-electron chi connectivity index (χ0n) is 11.3. The van der Waals surface area contributed by atoms with Gasteiger partial charge < -0.3 is 14.6 Å². The van der Waals surface area contributed by atoms with Crippen LogP contribution in [0.5, 0.6) is 0 Å². The van der Waals surface area contributed by atoms with Crippen LogP contribution in [0.1, 0.15) is 24.3 Å². The van der Waals surface area contributed by atoms with Crippen LogP contribution in [0.2, 0.25) is 0 Å². The van der Waals surface area contributed by atoms with E-state index >= 15 is 0 Å². The van der Waals surface area contributed by atoms with Crippen LogP contribution < -0.4 is 10.2 Å². The van der Waals surface area contributed by atoms with Crippen LogP contribution in [0.4, 0.5) is 6.01 Å². The van der Waals surface area contributed by atoms with Gasteiger partial charge in [-0.2, -0.15) is 0 Å². The molecular weight excluding hydrogens is 320 g/mol. The summed E-state index contributed by atoms with van der Waals surface area (Å²) >= 11 is 3.55. The Bertz CT molecular complexity index is 582. The molecule has 1 aromatic carbocycles. The molecule has 1 saturated carbocycles.